The van der Waals surface area contributed by atoms with Gasteiger partial charge in [0.05, 0.1) is 0 Å². The molecule has 0 bridgehead atoms. The van der Waals surface area contributed by atoms with E-state index in [1.54, 1.807) is 12.2 Å². The van der Waals surface area contributed by atoms with Crippen molar-refractivity contribution in [3.63, 3.8) is 0 Å². The molecule has 0 aromatic heterocycles. The molecule has 0 atom stereocenters. The van der Waals surface area contributed by atoms with Crippen molar-refractivity contribution in [2.24, 2.45) is 5.73 Å². The van der Waals surface area contributed by atoms with Gasteiger partial charge in [-0.15, -0.1) is 0 Å². The summed E-state index contributed by atoms with van der Waals surface area (Å²) < 4.78 is 0. The first-order valence-electron chi connectivity index (χ1n) is 3.87. The summed E-state index contributed by atoms with van der Waals surface area (Å²) in [7, 11) is 0. The molecule has 0 fully saturated rings. The molecule has 3 N–H and O–H groups in total. The molecule has 0 aliphatic rings. The Labute approximate surface area is 91.6 Å². The summed E-state index contributed by atoms with van der Waals surface area (Å²) in [6.45, 7) is 7.28. The smallest absolute Gasteiger partial charge is 0.527 e. The van der Waals surface area contributed by atoms with Crippen molar-refractivity contribution in [2.75, 3.05) is 13.1 Å². The zero-order valence-corrected chi connectivity index (χ0v) is 9.61. The molecule has 0 aliphatic heterocycles. The molecule has 0 heterocycles. The average molecular weight is 225 g/mol. The van der Waals surface area contributed by atoms with Gasteiger partial charge in [0.25, 0.3) is 0 Å². The summed E-state index contributed by atoms with van der Waals surface area (Å²) >= 11 is 0. The molecule has 0 saturated carbocycles. The summed E-state index contributed by atoms with van der Waals surface area (Å²) in [5, 5.41) is 2.34. The number of carbonyl (C=O) groups excluding carboxylic acids is 1. The fourth-order valence-corrected chi connectivity index (χ4v) is 0.280. The third-order valence-electron chi connectivity index (χ3n) is 0.595. The Morgan fingerprint density at radius 1 is 1.38 bits per heavy atom. The van der Waals surface area contributed by atoms with E-state index in [-0.39, 0.29) is 17.1 Å². The van der Waals surface area contributed by atoms with Gasteiger partial charge in [0.1, 0.15) is 0 Å². The molecule has 0 saturated heterocycles. The van der Waals surface area contributed by atoms with Gasteiger partial charge < -0.3 is 21.8 Å². The number of nitrogens with one attached hydrogen (secondary N) is 1. The van der Waals surface area contributed by atoms with Gasteiger partial charge >= 0.3 is 17.1 Å². The van der Waals surface area contributed by atoms with Crippen LogP contribution in [-0.4, -0.2) is 19.5 Å². The molecule has 0 unspecified atom stereocenters. The van der Waals surface area contributed by atoms with Crippen LogP contribution >= 0.6 is 0 Å². The second-order valence-corrected chi connectivity index (χ2v) is 2.69. The van der Waals surface area contributed by atoms with Gasteiger partial charge in [-0.3, -0.25) is 0 Å². The van der Waals surface area contributed by atoms with E-state index < -0.39 is 0 Å². The van der Waals surface area contributed by atoms with E-state index in [2.05, 4.69) is 26.1 Å². The Bertz CT molecular complexity index is 113. The van der Waals surface area contributed by atoms with Crippen LogP contribution in [0.25, 0.3) is 0 Å². The van der Waals surface area contributed by atoms with E-state index in [9.17, 15) is 4.79 Å². The van der Waals surface area contributed by atoms with Gasteiger partial charge in [0.15, 0.2) is 0 Å². The zero-order chi connectivity index (χ0) is 9.82. The van der Waals surface area contributed by atoms with Gasteiger partial charge in [-0.1, -0.05) is 12.2 Å². The molecule has 0 rings (SSSR count). The second-order valence-electron chi connectivity index (χ2n) is 2.69. The summed E-state index contributed by atoms with van der Waals surface area (Å²) in [5.74, 6) is 1.42. The molecule has 1 amide bonds. The first-order valence-corrected chi connectivity index (χ1v) is 3.87. The summed E-state index contributed by atoms with van der Waals surface area (Å²) in [4.78, 5) is 9.47. The Hall–Kier alpha value is -0.311. The Morgan fingerprint density at radius 3 is 2.15 bits per heavy atom. The van der Waals surface area contributed by atoms with E-state index in [0.29, 0.717) is 13.1 Å². The second kappa shape index (κ2) is 17.7. The summed E-state index contributed by atoms with van der Waals surface area (Å²) in [6, 6.07) is 0. The van der Waals surface area contributed by atoms with Crippen molar-refractivity contribution in [2.45, 2.75) is 20.8 Å². The van der Waals surface area contributed by atoms with Crippen molar-refractivity contribution in [3.05, 3.63) is 18.1 Å². The molecule has 77 valence electrons. The Balaban J connectivity index is -0.000000173. The van der Waals surface area contributed by atoms with Crippen LogP contribution < -0.4 is 11.1 Å². The third-order valence-corrected chi connectivity index (χ3v) is 0.595. The fourth-order valence-electron chi connectivity index (χ4n) is 0.280. The molecule has 0 aromatic carbocycles. The number of amides is 1. The van der Waals surface area contributed by atoms with Gasteiger partial charge in [-0.25, -0.2) is 0 Å². The van der Waals surface area contributed by atoms with E-state index in [1.807, 2.05) is 0 Å². The number of hydrogen-bond acceptors (Lipinski definition) is 2. The van der Waals surface area contributed by atoms with Crippen molar-refractivity contribution < 1.29 is 21.9 Å². The van der Waals surface area contributed by atoms with Gasteiger partial charge in [0, 0.05) is 13.1 Å². The Kier molecular flexibility index (Phi) is 25.1. The third kappa shape index (κ3) is 49.9. The van der Waals surface area contributed by atoms with Crippen LogP contribution in [0.2, 0.25) is 0 Å². The zero-order valence-electron chi connectivity index (χ0n) is 8.43. The topological polar surface area (TPSA) is 55.1 Å². The van der Waals surface area contributed by atoms with Crippen LogP contribution in [0.1, 0.15) is 20.8 Å². The van der Waals surface area contributed by atoms with Crippen molar-refractivity contribution in [1.29, 1.82) is 0 Å². The van der Waals surface area contributed by atoms with E-state index >= 15 is 0 Å². The minimum Gasteiger partial charge on any atom is -0.527 e. The molecular weight excluding hydrogens is 207 g/mol. The maximum atomic E-state index is 9.47. The Morgan fingerprint density at radius 2 is 1.85 bits per heavy atom. The van der Waals surface area contributed by atoms with E-state index in [1.165, 1.54) is 12.3 Å². The summed E-state index contributed by atoms with van der Waals surface area (Å²) in [5.41, 5.74) is 5.10. The molecule has 0 aliphatic carbocycles. The maximum Gasteiger partial charge on any atom is 2.00 e. The molecule has 3 nitrogen and oxygen atoms in total. The van der Waals surface area contributed by atoms with Gasteiger partial charge in [0.2, 0.25) is 0 Å². The first-order chi connectivity index (χ1) is 5.65. The molecule has 0 aromatic rings. The fraction of sp³-hybridized carbons (Fsp3) is 0.556. The predicted molar refractivity (Wildman–Crippen MR) is 52.2 cm³/mol. The molecule has 4 heteroatoms. The standard InChI is InChI=1S/C5H9N2O.C4H9.Mn/c6-3-1-2-4-7-5-8;1-4(2)3;/h1-2H,3-4,6H2,(H,7,8);1-3H3;/q2*-1;+2/b2-1+;;. The molecule has 0 spiro atoms. The van der Waals surface area contributed by atoms with Crippen molar-refractivity contribution in [1.82, 2.24) is 5.32 Å². The monoisotopic (exact) mass is 225 g/mol. The van der Waals surface area contributed by atoms with Crippen LogP contribution in [0.5, 0.6) is 0 Å². The predicted octanol–water partition coefficient (Wildman–Crippen LogP) is 0.776. The maximum absolute atomic E-state index is 9.47. The average Bonchev–Trinajstić information content (AvgIpc) is 1.97. The van der Waals surface area contributed by atoms with Crippen LogP contribution in [-0.2, 0) is 21.9 Å². The van der Waals surface area contributed by atoms with Crippen molar-refractivity contribution >= 4 is 6.41 Å². The van der Waals surface area contributed by atoms with Gasteiger partial charge in [-0.05, 0) is 0 Å². The number of hydrogen-bond donors (Lipinski definition) is 2. The van der Waals surface area contributed by atoms with Crippen LogP contribution in [0.4, 0.5) is 0 Å². The minimum absolute atomic E-state index is 0. The van der Waals surface area contributed by atoms with Crippen LogP contribution in [0.15, 0.2) is 12.2 Å². The largest absolute Gasteiger partial charge is 2.00 e. The molecule has 1 radical (unpaired) electrons. The quantitative estimate of drug-likeness (QED) is 0.244. The van der Waals surface area contributed by atoms with Crippen LogP contribution in [0, 0.1) is 5.92 Å². The molecule has 13 heavy (non-hydrogen) atoms. The van der Waals surface area contributed by atoms with E-state index in [4.69, 9.17) is 5.73 Å². The normalized spacial score (nSPS) is 8.69. The van der Waals surface area contributed by atoms with Gasteiger partial charge in [-0.2, -0.15) is 27.2 Å². The number of rotatable bonds is 4. The first kappa shape index (κ1) is 18.5. The SMILES string of the molecule is C[C-](C)C.NC/C=C/CN[C-]=O.[Mn+2]. The summed E-state index contributed by atoms with van der Waals surface area (Å²) in [6.07, 6.45) is 5.07. The number of nitrogens with two attached hydrogens (primary N) is 1. The molecular formula is C9H18MnN2O. The van der Waals surface area contributed by atoms with E-state index in [0.717, 1.165) is 0 Å². The minimum atomic E-state index is 0. The van der Waals surface area contributed by atoms with Crippen LogP contribution in [0.3, 0.4) is 0 Å². The van der Waals surface area contributed by atoms with Crippen molar-refractivity contribution in [3.8, 4) is 0 Å².